The van der Waals surface area contributed by atoms with Gasteiger partial charge in [-0.3, -0.25) is 4.98 Å². The fourth-order valence-electron chi connectivity index (χ4n) is 2.81. The van der Waals surface area contributed by atoms with E-state index in [0.29, 0.717) is 5.92 Å². The van der Waals surface area contributed by atoms with Crippen LogP contribution < -0.4 is 10.6 Å². The molecule has 0 saturated carbocycles. The van der Waals surface area contributed by atoms with E-state index in [1.54, 1.807) is 18.7 Å². The Morgan fingerprint density at radius 1 is 1.37 bits per heavy atom. The first-order chi connectivity index (χ1) is 9.25. The summed E-state index contributed by atoms with van der Waals surface area (Å²) in [5.41, 5.74) is 10.1. The molecule has 3 heterocycles. The molecule has 1 fully saturated rings. The second-order valence-electron chi connectivity index (χ2n) is 5.05. The smallest absolute Gasteiger partial charge is 0.127 e. The van der Waals surface area contributed by atoms with Crippen molar-refractivity contribution in [2.75, 3.05) is 23.7 Å². The fourth-order valence-corrected chi connectivity index (χ4v) is 2.81. The fraction of sp³-hybridized carbons (Fsp3) is 0.429. The standard InChI is InChI=1S/C14H18N4O/c1-10-12(9-19-17-10)11-3-6-18(7-4-11)14-2-5-16-8-13(14)15/h2,5,8-9,11H,3-4,6-7,15H2,1H3. The Bertz CT molecular complexity index is 558. The van der Waals surface area contributed by atoms with Crippen molar-refractivity contribution in [1.29, 1.82) is 0 Å². The highest BCUT2D eigenvalue weighted by molar-refractivity contribution is 5.66. The normalized spacial score (nSPS) is 16.8. The molecule has 100 valence electrons. The van der Waals surface area contributed by atoms with Crippen LogP contribution in [-0.4, -0.2) is 23.2 Å². The minimum absolute atomic E-state index is 0.547. The van der Waals surface area contributed by atoms with Crippen LogP contribution in [-0.2, 0) is 0 Å². The van der Waals surface area contributed by atoms with Crippen molar-refractivity contribution in [1.82, 2.24) is 10.1 Å². The van der Waals surface area contributed by atoms with Gasteiger partial charge >= 0.3 is 0 Å². The van der Waals surface area contributed by atoms with Gasteiger partial charge < -0.3 is 15.2 Å². The zero-order valence-electron chi connectivity index (χ0n) is 11.0. The molecule has 0 bridgehead atoms. The molecule has 0 spiro atoms. The molecule has 1 saturated heterocycles. The van der Waals surface area contributed by atoms with E-state index in [9.17, 15) is 0 Å². The number of anilines is 2. The SMILES string of the molecule is Cc1nocc1C1CCN(c2ccncc2N)CC1. The monoisotopic (exact) mass is 258 g/mol. The van der Waals surface area contributed by atoms with Gasteiger partial charge in [-0.25, -0.2) is 0 Å². The maximum absolute atomic E-state index is 5.98. The van der Waals surface area contributed by atoms with Gasteiger partial charge in [0.25, 0.3) is 0 Å². The van der Waals surface area contributed by atoms with Gasteiger partial charge in [-0.15, -0.1) is 0 Å². The molecule has 0 radical (unpaired) electrons. The van der Waals surface area contributed by atoms with E-state index in [1.807, 2.05) is 13.0 Å². The molecular formula is C14H18N4O. The molecule has 0 atom stereocenters. The third-order valence-corrected chi connectivity index (χ3v) is 3.89. The number of aromatic nitrogens is 2. The van der Waals surface area contributed by atoms with Gasteiger partial charge in [0.1, 0.15) is 6.26 Å². The van der Waals surface area contributed by atoms with E-state index in [2.05, 4.69) is 15.0 Å². The summed E-state index contributed by atoms with van der Waals surface area (Å²) in [4.78, 5) is 6.36. The Morgan fingerprint density at radius 2 is 2.16 bits per heavy atom. The summed E-state index contributed by atoms with van der Waals surface area (Å²) in [6.07, 6.45) is 7.50. The summed E-state index contributed by atoms with van der Waals surface area (Å²) >= 11 is 0. The van der Waals surface area contributed by atoms with E-state index in [1.165, 1.54) is 5.56 Å². The molecule has 3 rings (SSSR count). The van der Waals surface area contributed by atoms with Crippen LogP contribution in [0.1, 0.15) is 30.0 Å². The van der Waals surface area contributed by atoms with Crippen molar-refractivity contribution in [3.05, 3.63) is 36.0 Å². The van der Waals surface area contributed by atoms with Crippen LogP contribution in [0.2, 0.25) is 0 Å². The third-order valence-electron chi connectivity index (χ3n) is 3.89. The zero-order valence-corrected chi connectivity index (χ0v) is 11.0. The van der Waals surface area contributed by atoms with E-state index < -0.39 is 0 Å². The number of nitrogens with two attached hydrogens (primary N) is 1. The maximum atomic E-state index is 5.98. The first-order valence-electron chi connectivity index (χ1n) is 6.61. The number of rotatable bonds is 2. The number of aryl methyl sites for hydroxylation is 1. The van der Waals surface area contributed by atoms with E-state index in [-0.39, 0.29) is 0 Å². The summed E-state index contributed by atoms with van der Waals surface area (Å²) in [6, 6.07) is 1.99. The van der Waals surface area contributed by atoms with Crippen molar-refractivity contribution < 1.29 is 4.52 Å². The molecule has 1 aliphatic rings. The van der Waals surface area contributed by atoms with Crippen molar-refractivity contribution in [3.8, 4) is 0 Å². The molecule has 2 aromatic rings. The second-order valence-corrected chi connectivity index (χ2v) is 5.05. The van der Waals surface area contributed by atoms with Crippen molar-refractivity contribution in [2.45, 2.75) is 25.7 Å². The van der Waals surface area contributed by atoms with Crippen LogP contribution >= 0.6 is 0 Å². The minimum atomic E-state index is 0.547. The summed E-state index contributed by atoms with van der Waals surface area (Å²) in [6.45, 7) is 4.01. The highest BCUT2D eigenvalue weighted by atomic mass is 16.5. The van der Waals surface area contributed by atoms with E-state index >= 15 is 0 Å². The zero-order chi connectivity index (χ0) is 13.2. The lowest BCUT2D eigenvalue weighted by molar-refractivity contribution is 0.412. The van der Waals surface area contributed by atoms with Crippen LogP contribution in [0.25, 0.3) is 0 Å². The predicted octanol–water partition coefficient (Wildman–Crippen LogP) is 2.34. The number of pyridine rings is 1. The van der Waals surface area contributed by atoms with Crippen LogP contribution in [0.4, 0.5) is 11.4 Å². The van der Waals surface area contributed by atoms with Gasteiger partial charge in [-0.05, 0) is 31.7 Å². The minimum Gasteiger partial charge on any atom is -0.396 e. The molecule has 19 heavy (non-hydrogen) atoms. The summed E-state index contributed by atoms with van der Waals surface area (Å²) in [5, 5.41) is 3.97. The highest BCUT2D eigenvalue weighted by Gasteiger charge is 2.24. The predicted molar refractivity (Wildman–Crippen MR) is 74.1 cm³/mol. The van der Waals surface area contributed by atoms with Gasteiger partial charge in [0.15, 0.2) is 0 Å². The van der Waals surface area contributed by atoms with Gasteiger partial charge in [-0.1, -0.05) is 5.16 Å². The summed E-state index contributed by atoms with van der Waals surface area (Å²) in [7, 11) is 0. The molecule has 0 aliphatic carbocycles. The molecule has 2 aromatic heterocycles. The molecule has 1 aliphatic heterocycles. The third kappa shape index (κ3) is 2.28. The number of nitrogen functional groups attached to an aromatic ring is 1. The second kappa shape index (κ2) is 4.91. The number of piperidine rings is 1. The Labute approximate surface area is 112 Å². The van der Waals surface area contributed by atoms with Gasteiger partial charge in [-0.2, -0.15) is 0 Å². The molecule has 0 aromatic carbocycles. The lowest BCUT2D eigenvalue weighted by Crippen LogP contribution is -2.33. The number of hydrogen-bond acceptors (Lipinski definition) is 5. The first kappa shape index (κ1) is 12.0. The molecule has 5 nitrogen and oxygen atoms in total. The molecule has 2 N–H and O–H groups in total. The van der Waals surface area contributed by atoms with E-state index in [4.69, 9.17) is 10.3 Å². The van der Waals surface area contributed by atoms with Crippen molar-refractivity contribution in [2.24, 2.45) is 0 Å². The Hall–Kier alpha value is -2.04. The Kier molecular flexibility index (Phi) is 3.11. The molecule has 5 heteroatoms. The molecule has 0 unspecified atom stereocenters. The van der Waals surface area contributed by atoms with E-state index in [0.717, 1.165) is 43.0 Å². The molecular weight excluding hydrogens is 240 g/mol. The highest BCUT2D eigenvalue weighted by Crippen LogP contribution is 2.33. The Morgan fingerprint density at radius 3 is 2.79 bits per heavy atom. The van der Waals surface area contributed by atoms with Crippen LogP contribution in [0.15, 0.2) is 29.2 Å². The van der Waals surface area contributed by atoms with Crippen LogP contribution in [0, 0.1) is 6.92 Å². The Balaban J connectivity index is 1.70. The van der Waals surface area contributed by atoms with Gasteiger partial charge in [0.2, 0.25) is 0 Å². The van der Waals surface area contributed by atoms with Crippen LogP contribution in [0.5, 0.6) is 0 Å². The van der Waals surface area contributed by atoms with Gasteiger partial charge in [0, 0.05) is 24.8 Å². The quantitative estimate of drug-likeness (QED) is 0.895. The van der Waals surface area contributed by atoms with Crippen molar-refractivity contribution in [3.63, 3.8) is 0 Å². The van der Waals surface area contributed by atoms with Crippen molar-refractivity contribution >= 4 is 11.4 Å². The maximum Gasteiger partial charge on any atom is 0.127 e. The average Bonchev–Trinajstić information content (AvgIpc) is 2.86. The van der Waals surface area contributed by atoms with Gasteiger partial charge in [0.05, 0.1) is 23.3 Å². The number of nitrogens with zero attached hydrogens (tertiary/aromatic N) is 3. The summed E-state index contributed by atoms with van der Waals surface area (Å²) in [5.74, 6) is 0.547. The lowest BCUT2D eigenvalue weighted by Gasteiger charge is -2.33. The molecule has 0 amide bonds. The topological polar surface area (TPSA) is 68.2 Å². The summed E-state index contributed by atoms with van der Waals surface area (Å²) < 4.78 is 5.04. The number of hydrogen-bond donors (Lipinski definition) is 1. The lowest BCUT2D eigenvalue weighted by atomic mass is 9.90. The largest absolute Gasteiger partial charge is 0.396 e. The average molecular weight is 258 g/mol. The van der Waals surface area contributed by atoms with Crippen LogP contribution in [0.3, 0.4) is 0 Å². The first-order valence-corrected chi connectivity index (χ1v) is 6.61.